The first kappa shape index (κ1) is 17.7. The number of hydrogen-bond acceptors (Lipinski definition) is 3. The predicted octanol–water partition coefficient (Wildman–Crippen LogP) is 3.08. The van der Waals surface area contributed by atoms with Gasteiger partial charge in [-0.15, -0.1) is 0 Å². The van der Waals surface area contributed by atoms with Crippen molar-refractivity contribution in [3.8, 4) is 0 Å². The number of ether oxygens (including phenoxy) is 1. The Kier molecular flexibility index (Phi) is 6.69. The van der Waals surface area contributed by atoms with Gasteiger partial charge in [-0.3, -0.25) is 4.68 Å². The van der Waals surface area contributed by atoms with Crippen LogP contribution in [-0.2, 0) is 24.6 Å². The van der Waals surface area contributed by atoms with Gasteiger partial charge in [-0.05, 0) is 42.2 Å². The Balaban J connectivity index is 3.05. The summed E-state index contributed by atoms with van der Waals surface area (Å²) in [7, 11) is 3.81. The number of hydrogen-bond donors (Lipinski definition) is 1. The van der Waals surface area contributed by atoms with Crippen LogP contribution in [0.2, 0.25) is 0 Å². The van der Waals surface area contributed by atoms with Gasteiger partial charge < -0.3 is 10.1 Å². The van der Waals surface area contributed by atoms with E-state index < -0.39 is 0 Å². The van der Waals surface area contributed by atoms with Gasteiger partial charge in [0.25, 0.3) is 0 Å². The zero-order valence-corrected chi connectivity index (χ0v) is 15.2. The monoisotopic (exact) mass is 345 g/mol. The predicted molar refractivity (Wildman–Crippen MR) is 87.2 cm³/mol. The summed E-state index contributed by atoms with van der Waals surface area (Å²) < 4.78 is 8.90. The van der Waals surface area contributed by atoms with Crippen LogP contribution in [0.1, 0.15) is 45.5 Å². The van der Waals surface area contributed by atoms with Crippen LogP contribution in [0.3, 0.4) is 0 Å². The first-order chi connectivity index (χ1) is 9.43. The summed E-state index contributed by atoms with van der Waals surface area (Å²) in [5, 5.41) is 8.15. The molecule has 0 spiro atoms. The number of methoxy groups -OCH3 is 1. The second-order valence-electron chi connectivity index (χ2n) is 5.37. The Labute approximate surface area is 131 Å². The molecule has 4 nitrogen and oxygen atoms in total. The molecule has 0 aliphatic rings. The molecule has 0 amide bonds. The Morgan fingerprint density at radius 1 is 1.40 bits per heavy atom. The summed E-state index contributed by atoms with van der Waals surface area (Å²) in [6, 6.07) is 0.263. The number of nitrogens with zero attached hydrogens (tertiary/aromatic N) is 2. The smallest absolute Gasteiger partial charge is 0.0804 e. The third-order valence-electron chi connectivity index (χ3n) is 4.26. The van der Waals surface area contributed by atoms with Crippen LogP contribution >= 0.6 is 15.9 Å². The first-order valence-electron chi connectivity index (χ1n) is 7.42. The number of halogens is 1. The molecule has 0 aromatic carbocycles. The standard InChI is InChI=1S/C15H28BrN3O/c1-7-11-14(16)12(19(5)18-11)10-13(17-9-3)15(4,8-2)20-6/h13,17H,7-10H2,1-6H3. The summed E-state index contributed by atoms with van der Waals surface area (Å²) in [6.45, 7) is 9.53. The molecule has 1 N–H and O–H groups in total. The van der Waals surface area contributed by atoms with Gasteiger partial charge in [0.15, 0.2) is 0 Å². The lowest BCUT2D eigenvalue weighted by Crippen LogP contribution is -2.51. The average molecular weight is 346 g/mol. The molecule has 0 saturated carbocycles. The van der Waals surface area contributed by atoms with E-state index in [1.54, 1.807) is 7.11 Å². The topological polar surface area (TPSA) is 39.1 Å². The maximum Gasteiger partial charge on any atom is 0.0804 e. The van der Waals surface area contributed by atoms with Crippen LogP contribution in [-0.4, -0.2) is 35.1 Å². The van der Waals surface area contributed by atoms with E-state index >= 15 is 0 Å². The zero-order chi connectivity index (χ0) is 15.3. The van der Waals surface area contributed by atoms with Crippen LogP contribution in [0.15, 0.2) is 4.47 Å². The van der Waals surface area contributed by atoms with Crippen molar-refractivity contribution in [1.29, 1.82) is 0 Å². The quantitative estimate of drug-likeness (QED) is 0.786. The van der Waals surface area contributed by atoms with Crippen molar-refractivity contribution in [3.05, 3.63) is 15.9 Å². The minimum absolute atomic E-state index is 0.175. The molecule has 5 heteroatoms. The second-order valence-corrected chi connectivity index (χ2v) is 6.16. The van der Waals surface area contributed by atoms with E-state index in [-0.39, 0.29) is 11.6 Å². The minimum atomic E-state index is -0.175. The van der Waals surface area contributed by atoms with Crippen LogP contribution in [0.25, 0.3) is 0 Å². The molecule has 0 radical (unpaired) electrons. The lowest BCUT2D eigenvalue weighted by atomic mass is 9.89. The molecule has 1 rings (SSSR count). The van der Waals surface area contributed by atoms with Crippen LogP contribution in [0.4, 0.5) is 0 Å². The van der Waals surface area contributed by atoms with Gasteiger partial charge in [-0.1, -0.05) is 20.8 Å². The largest absolute Gasteiger partial charge is 0.377 e. The number of nitrogens with one attached hydrogen (secondary N) is 1. The van der Waals surface area contributed by atoms with Gasteiger partial charge in [0.05, 0.1) is 21.5 Å². The maximum atomic E-state index is 5.78. The van der Waals surface area contributed by atoms with E-state index in [0.717, 1.165) is 36.0 Å². The molecule has 2 unspecified atom stereocenters. The summed E-state index contributed by atoms with van der Waals surface area (Å²) >= 11 is 3.70. The van der Waals surface area contributed by atoms with Crippen molar-refractivity contribution in [2.24, 2.45) is 7.05 Å². The van der Waals surface area contributed by atoms with Gasteiger partial charge in [0.1, 0.15) is 0 Å². The molecule has 1 heterocycles. The van der Waals surface area contributed by atoms with Crippen LogP contribution < -0.4 is 5.32 Å². The fourth-order valence-corrected chi connectivity index (χ4v) is 3.30. The Hall–Kier alpha value is -0.390. The Bertz CT molecular complexity index is 427. The van der Waals surface area contributed by atoms with Crippen molar-refractivity contribution in [2.75, 3.05) is 13.7 Å². The Morgan fingerprint density at radius 3 is 2.45 bits per heavy atom. The number of aryl methyl sites for hydroxylation is 2. The fourth-order valence-electron chi connectivity index (χ4n) is 2.52. The van der Waals surface area contributed by atoms with Gasteiger partial charge >= 0.3 is 0 Å². The third kappa shape index (κ3) is 3.62. The maximum absolute atomic E-state index is 5.78. The van der Waals surface area contributed by atoms with Gasteiger partial charge in [-0.25, -0.2) is 0 Å². The first-order valence-corrected chi connectivity index (χ1v) is 8.21. The molecule has 0 aliphatic carbocycles. The number of rotatable bonds is 8. The summed E-state index contributed by atoms with van der Waals surface area (Å²) in [6.07, 6.45) is 2.81. The molecular weight excluding hydrogens is 318 g/mol. The van der Waals surface area contributed by atoms with E-state index in [2.05, 4.69) is 54.0 Å². The normalized spacial score (nSPS) is 16.1. The summed E-state index contributed by atoms with van der Waals surface area (Å²) in [5.74, 6) is 0. The van der Waals surface area contributed by atoms with E-state index in [1.807, 2.05) is 11.7 Å². The zero-order valence-electron chi connectivity index (χ0n) is 13.6. The highest BCUT2D eigenvalue weighted by Crippen LogP contribution is 2.27. The fraction of sp³-hybridized carbons (Fsp3) is 0.800. The minimum Gasteiger partial charge on any atom is -0.377 e. The highest BCUT2D eigenvalue weighted by atomic mass is 79.9. The lowest BCUT2D eigenvalue weighted by molar-refractivity contribution is -0.0288. The summed E-state index contributed by atoms with van der Waals surface area (Å²) in [5.41, 5.74) is 2.17. The molecule has 1 aromatic heterocycles. The molecule has 20 heavy (non-hydrogen) atoms. The molecule has 0 bridgehead atoms. The number of likely N-dealkylation sites (N-methyl/N-ethyl adjacent to an activating group) is 1. The lowest BCUT2D eigenvalue weighted by Gasteiger charge is -2.36. The molecule has 116 valence electrons. The van der Waals surface area contributed by atoms with Crippen molar-refractivity contribution >= 4 is 15.9 Å². The van der Waals surface area contributed by atoms with Crippen LogP contribution in [0.5, 0.6) is 0 Å². The molecule has 1 aromatic rings. The van der Waals surface area contributed by atoms with Gasteiger partial charge in [-0.2, -0.15) is 5.10 Å². The second kappa shape index (κ2) is 7.57. The average Bonchev–Trinajstić information content (AvgIpc) is 2.73. The van der Waals surface area contributed by atoms with E-state index in [1.165, 1.54) is 5.69 Å². The van der Waals surface area contributed by atoms with Crippen molar-refractivity contribution in [3.63, 3.8) is 0 Å². The van der Waals surface area contributed by atoms with Crippen LogP contribution in [0, 0.1) is 0 Å². The van der Waals surface area contributed by atoms with Gasteiger partial charge in [0, 0.05) is 26.6 Å². The molecule has 0 saturated heterocycles. The van der Waals surface area contributed by atoms with Crippen molar-refractivity contribution in [1.82, 2.24) is 15.1 Å². The molecule has 0 aliphatic heterocycles. The number of aromatic nitrogens is 2. The third-order valence-corrected chi connectivity index (χ3v) is 5.17. The highest BCUT2D eigenvalue weighted by molar-refractivity contribution is 9.10. The molecule has 0 fully saturated rings. The summed E-state index contributed by atoms with van der Waals surface area (Å²) in [4.78, 5) is 0. The Morgan fingerprint density at radius 2 is 2.05 bits per heavy atom. The molecule has 2 atom stereocenters. The van der Waals surface area contributed by atoms with Crippen molar-refractivity contribution in [2.45, 2.75) is 58.6 Å². The van der Waals surface area contributed by atoms with Crippen molar-refractivity contribution < 1.29 is 4.74 Å². The van der Waals surface area contributed by atoms with Gasteiger partial charge in [0.2, 0.25) is 0 Å². The van der Waals surface area contributed by atoms with E-state index in [0.29, 0.717) is 0 Å². The highest BCUT2D eigenvalue weighted by Gasteiger charge is 2.33. The molecular formula is C15H28BrN3O. The SMILES string of the molecule is CCNC(Cc1c(Br)c(CC)nn1C)C(C)(CC)OC. The van der Waals surface area contributed by atoms with E-state index in [4.69, 9.17) is 4.74 Å². The van der Waals surface area contributed by atoms with E-state index in [9.17, 15) is 0 Å².